The van der Waals surface area contributed by atoms with Crippen LogP contribution in [0.5, 0.6) is 0 Å². The maximum atomic E-state index is 8.64. The Morgan fingerprint density at radius 1 is 0.889 bits per heavy atom. The van der Waals surface area contributed by atoms with Gasteiger partial charge in [0.15, 0.2) is 0 Å². The fourth-order valence-electron chi connectivity index (χ4n) is 0. The van der Waals surface area contributed by atoms with Gasteiger partial charge in [0.2, 0.25) is 0 Å². The molecular formula is HFNa3O4Sb. The molecule has 0 spiro atoms. The minimum atomic E-state index is -6.10. The van der Waals surface area contributed by atoms with E-state index in [9.17, 15) is 0 Å². The van der Waals surface area contributed by atoms with Crippen molar-refractivity contribution in [2.75, 3.05) is 0 Å². The van der Waals surface area contributed by atoms with Gasteiger partial charge < -0.3 is 0 Å². The van der Waals surface area contributed by atoms with Crippen molar-refractivity contribution in [3.63, 3.8) is 0 Å². The van der Waals surface area contributed by atoms with Crippen LogP contribution in [0.15, 0.2) is 0 Å². The van der Waals surface area contributed by atoms with E-state index in [2.05, 4.69) is 0 Å². The minimum absolute atomic E-state index is 0. The normalized spacial score (nSPS) is 6.56. The van der Waals surface area contributed by atoms with Gasteiger partial charge in [0, 0.05) is 0 Å². The molecule has 0 amide bonds. The first-order valence-corrected chi connectivity index (χ1v) is 4.90. The van der Waals surface area contributed by atoms with E-state index >= 15 is 0 Å². The molecule has 0 aliphatic heterocycles. The molecule has 40 valence electrons. The summed E-state index contributed by atoms with van der Waals surface area (Å²) in [4.78, 5) is 0. The molecule has 0 bridgehead atoms. The summed E-state index contributed by atoms with van der Waals surface area (Å²) in [5.41, 5.74) is 0. The van der Waals surface area contributed by atoms with Crippen LogP contribution < -0.4 is 98.8 Å². The van der Waals surface area contributed by atoms with Gasteiger partial charge in [0.1, 0.15) is 0 Å². The van der Waals surface area contributed by atoms with Crippen LogP contribution in [0.2, 0.25) is 0 Å². The average molecular weight is 275 g/mol. The molecule has 0 saturated heterocycles. The number of hydrogen-bond donors (Lipinski definition) is 0. The Morgan fingerprint density at radius 3 is 0.889 bits per heavy atom. The van der Waals surface area contributed by atoms with E-state index in [0.29, 0.717) is 0 Å². The predicted molar refractivity (Wildman–Crippen MR) is 8.94 cm³/mol. The van der Waals surface area contributed by atoms with Crippen LogP contribution in [-0.4, -0.2) is 20.1 Å². The summed E-state index contributed by atoms with van der Waals surface area (Å²) >= 11 is -6.10. The molecule has 0 saturated carbocycles. The number of hydrogen-bond acceptors (Lipinski definition) is 4. The zero-order valence-electron chi connectivity index (χ0n) is 5.49. The average Bonchev–Trinajstić information content (AvgIpc) is 0.722. The van der Waals surface area contributed by atoms with E-state index in [1.54, 1.807) is 0 Å². The Labute approximate surface area is 124 Å². The summed E-state index contributed by atoms with van der Waals surface area (Å²) in [5.74, 6) is 0. The molecule has 0 aromatic rings. The van der Waals surface area contributed by atoms with E-state index in [1.165, 1.54) is 0 Å². The van der Waals surface area contributed by atoms with E-state index in [-0.39, 0.29) is 93.4 Å². The van der Waals surface area contributed by atoms with Crippen molar-refractivity contribution in [1.82, 2.24) is 0 Å². The molecule has 0 rings (SSSR count). The summed E-state index contributed by atoms with van der Waals surface area (Å²) in [6, 6.07) is 0. The molecule has 0 atom stereocenters. The Kier molecular flexibility index (Phi) is 45.7. The third-order valence-corrected chi connectivity index (χ3v) is 0. The van der Waals surface area contributed by atoms with Crippen LogP contribution in [0.4, 0.5) is 4.70 Å². The monoisotopic (exact) mass is 274 g/mol. The Morgan fingerprint density at radius 2 is 0.889 bits per heavy atom. The molecule has 0 aromatic carbocycles. The van der Waals surface area contributed by atoms with Gasteiger partial charge >= 0.3 is 122 Å². The molecule has 0 fully saturated rings. The predicted octanol–water partition coefficient (Wildman–Crippen LogP) is -12.9. The van der Waals surface area contributed by atoms with Crippen molar-refractivity contribution in [1.29, 1.82) is 0 Å². The van der Waals surface area contributed by atoms with Crippen molar-refractivity contribution in [3.05, 3.63) is 0 Å². The Hall–Kier alpha value is 3.43. The molecule has 9 heteroatoms. The van der Waals surface area contributed by atoms with Crippen LogP contribution >= 0.6 is 0 Å². The van der Waals surface area contributed by atoms with Crippen molar-refractivity contribution in [2.45, 2.75) is 0 Å². The molecule has 0 N–H and O–H groups in total. The van der Waals surface area contributed by atoms with Gasteiger partial charge in [0.05, 0.1) is 0 Å². The molecule has 9 heavy (non-hydrogen) atoms. The second kappa shape index (κ2) is 14.0. The molecular weight excluding hydrogens is 274 g/mol. The van der Waals surface area contributed by atoms with Crippen LogP contribution in [0.3, 0.4) is 0 Å². The molecule has 0 radical (unpaired) electrons. The van der Waals surface area contributed by atoms with Gasteiger partial charge in [-0.3, -0.25) is 4.70 Å². The summed E-state index contributed by atoms with van der Waals surface area (Å²) in [7, 11) is 0. The summed E-state index contributed by atoms with van der Waals surface area (Å²) < 4.78 is 34.6. The molecule has 0 aliphatic carbocycles. The fraction of sp³-hybridized carbons (Fsp3) is 0. The molecule has 0 aromatic heterocycles. The SMILES string of the molecule is F.[Na+].[Na+].[Na+].[O]=[Sb]([O-])([O-])[O-]. The maximum absolute atomic E-state index is 8.64. The molecule has 0 heterocycles. The second-order valence-corrected chi connectivity index (χ2v) is 3.00. The summed E-state index contributed by atoms with van der Waals surface area (Å²) in [6.45, 7) is 0. The van der Waals surface area contributed by atoms with Crippen molar-refractivity contribution in [3.8, 4) is 0 Å². The van der Waals surface area contributed by atoms with E-state index in [1.807, 2.05) is 0 Å². The van der Waals surface area contributed by atoms with E-state index in [4.69, 9.17) is 13.2 Å². The standard InChI is InChI=1S/FH.3Na.4O.Sb/h1H;;;;;;;;/q;3*+1;;3*-1;. The van der Waals surface area contributed by atoms with Crippen molar-refractivity contribution in [2.24, 2.45) is 0 Å². The molecule has 4 nitrogen and oxygen atoms in total. The van der Waals surface area contributed by atoms with Crippen LogP contribution in [0, 0.1) is 0 Å². The van der Waals surface area contributed by atoms with Crippen LogP contribution in [-0.2, 0) is 3.02 Å². The van der Waals surface area contributed by atoms with Gasteiger partial charge in [-0.2, -0.15) is 0 Å². The van der Waals surface area contributed by atoms with Crippen molar-refractivity contribution >= 4 is 20.1 Å². The first kappa shape index (κ1) is 29.4. The summed E-state index contributed by atoms with van der Waals surface area (Å²) in [5, 5.41) is 0. The number of halogens is 1. The van der Waals surface area contributed by atoms with E-state index in [0.717, 1.165) is 0 Å². The molecule has 0 unspecified atom stereocenters. The Balaban J connectivity index is -0.0000000133. The number of rotatable bonds is 0. The van der Waals surface area contributed by atoms with Crippen molar-refractivity contribution < 1.29 is 107 Å². The molecule has 0 aliphatic rings. The van der Waals surface area contributed by atoms with Gasteiger partial charge in [-0.15, -0.1) is 0 Å². The zero-order chi connectivity index (χ0) is 4.50. The summed E-state index contributed by atoms with van der Waals surface area (Å²) in [6.07, 6.45) is 0. The van der Waals surface area contributed by atoms with Crippen LogP contribution in [0.1, 0.15) is 0 Å². The first-order chi connectivity index (χ1) is 2.00. The quantitative estimate of drug-likeness (QED) is 0.411. The fourth-order valence-corrected chi connectivity index (χ4v) is 0. The zero-order valence-corrected chi connectivity index (χ0v) is 14.0. The van der Waals surface area contributed by atoms with Gasteiger partial charge in [0.25, 0.3) is 0 Å². The first-order valence-electron chi connectivity index (χ1n) is 0.730. The van der Waals surface area contributed by atoms with Gasteiger partial charge in [-0.05, 0) is 0 Å². The Bertz CT molecular complexity index is 61.9. The van der Waals surface area contributed by atoms with E-state index < -0.39 is 20.1 Å². The third-order valence-electron chi connectivity index (χ3n) is 0. The van der Waals surface area contributed by atoms with Gasteiger partial charge in [-0.1, -0.05) is 0 Å². The topological polar surface area (TPSA) is 86.2 Å². The van der Waals surface area contributed by atoms with Crippen LogP contribution in [0.25, 0.3) is 0 Å². The third kappa shape index (κ3) is 86.4. The second-order valence-electron chi connectivity index (χ2n) is 0.447. The van der Waals surface area contributed by atoms with Gasteiger partial charge in [-0.25, -0.2) is 0 Å².